The molecule has 2 aliphatic heterocycles. The molecule has 0 bridgehead atoms. The molecule has 0 radical (unpaired) electrons. The van der Waals surface area contributed by atoms with Gasteiger partial charge in [-0.3, -0.25) is 4.79 Å². The second-order valence-electron chi connectivity index (χ2n) is 6.37. The Labute approximate surface area is 170 Å². The average Bonchev–Trinajstić information content (AvgIpc) is 3.03. The molecule has 5 nitrogen and oxygen atoms in total. The number of halogens is 3. The van der Waals surface area contributed by atoms with Gasteiger partial charge < -0.3 is 20.7 Å². The minimum Gasteiger partial charge on any atom is -0.381 e. The predicted octanol–water partition coefficient (Wildman–Crippen LogP) is 2.74. The predicted molar refractivity (Wildman–Crippen MR) is 109 cm³/mol. The molecule has 0 saturated carbocycles. The van der Waals surface area contributed by atoms with Crippen molar-refractivity contribution < 1.29 is 9.53 Å². The van der Waals surface area contributed by atoms with Gasteiger partial charge in [0.05, 0.1) is 11.7 Å². The van der Waals surface area contributed by atoms with Crippen molar-refractivity contribution in [1.82, 2.24) is 5.32 Å². The lowest BCUT2D eigenvalue weighted by molar-refractivity contribution is -0.124. The fourth-order valence-electron chi connectivity index (χ4n) is 3.39. The lowest BCUT2D eigenvalue weighted by atomic mass is 9.91. The number of carbonyl (C=O) groups is 1. The zero-order valence-electron chi connectivity index (χ0n) is 14.0. The summed E-state index contributed by atoms with van der Waals surface area (Å²) in [6, 6.07) is 7.93. The van der Waals surface area contributed by atoms with Crippen LogP contribution < -0.4 is 16.0 Å². The van der Waals surface area contributed by atoms with Crippen LogP contribution in [0.2, 0.25) is 0 Å². The van der Waals surface area contributed by atoms with Gasteiger partial charge in [0.15, 0.2) is 0 Å². The summed E-state index contributed by atoms with van der Waals surface area (Å²) >= 11 is 3.59. The highest BCUT2D eigenvalue weighted by atomic mass is 79.9. The monoisotopic (exact) mass is 453 g/mol. The van der Waals surface area contributed by atoms with Crippen LogP contribution in [0.3, 0.4) is 0 Å². The van der Waals surface area contributed by atoms with Crippen molar-refractivity contribution in [2.45, 2.75) is 31.3 Å². The molecule has 0 aliphatic carbocycles. The minimum absolute atomic E-state index is 0. The summed E-state index contributed by atoms with van der Waals surface area (Å²) in [5.74, 6) is 0.223. The highest BCUT2D eigenvalue weighted by Crippen LogP contribution is 2.28. The molecule has 2 aliphatic rings. The first kappa shape index (κ1) is 22.5. The summed E-state index contributed by atoms with van der Waals surface area (Å²) in [7, 11) is 0. The van der Waals surface area contributed by atoms with E-state index >= 15 is 0 Å². The summed E-state index contributed by atoms with van der Waals surface area (Å²) in [6.45, 7) is 3.20. The number of anilines is 1. The van der Waals surface area contributed by atoms with Crippen molar-refractivity contribution in [1.29, 1.82) is 0 Å². The van der Waals surface area contributed by atoms with Gasteiger partial charge in [0, 0.05) is 36.8 Å². The van der Waals surface area contributed by atoms with Gasteiger partial charge in [-0.05, 0) is 53.2 Å². The molecule has 1 aromatic rings. The molecular formula is C17H26BrCl2N3O2. The Morgan fingerprint density at radius 2 is 1.92 bits per heavy atom. The SMILES string of the molecule is Cl.Cl.NC(C(=O)NC1CCN(c2ccccc2Br)C1)C1CCOCC1. The van der Waals surface area contributed by atoms with E-state index in [2.05, 4.69) is 32.2 Å². The van der Waals surface area contributed by atoms with E-state index in [0.29, 0.717) is 13.2 Å². The number of nitrogens with zero attached hydrogens (tertiary/aromatic N) is 1. The number of nitrogens with two attached hydrogens (primary N) is 1. The highest BCUT2D eigenvalue weighted by Gasteiger charge is 2.30. The molecule has 2 fully saturated rings. The van der Waals surface area contributed by atoms with Crippen molar-refractivity contribution in [2.24, 2.45) is 11.7 Å². The third-order valence-corrected chi connectivity index (χ3v) is 5.47. The van der Waals surface area contributed by atoms with Crippen molar-refractivity contribution in [3.63, 3.8) is 0 Å². The van der Waals surface area contributed by atoms with Crippen LogP contribution in [0.4, 0.5) is 5.69 Å². The van der Waals surface area contributed by atoms with Crippen molar-refractivity contribution in [3.8, 4) is 0 Å². The Hall–Kier alpha value is -0.530. The third-order valence-electron chi connectivity index (χ3n) is 4.80. The number of amides is 1. The van der Waals surface area contributed by atoms with Gasteiger partial charge in [0.2, 0.25) is 5.91 Å². The van der Waals surface area contributed by atoms with E-state index < -0.39 is 6.04 Å². The zero-order chi connectivity index (χ0) is 16.2. The molecule has 25 heavy (non-hydrogen) atoms. The number of carbonyl (C=O) groups excluding carboxylic acids is 1. The Morgan fingerprint density at radius 3 is 2.60 bits per heavy atom. The number of ether oxygens (including phenoxy) is 1. The number of hydrogen-bond donors (Lipinski definition) is 2. The van der Waals surface area contributed by atoms with Crippen LogP contribution in [0.25, 0.3) is 0 Å². The van der Waals surface area contributed by atoms with Gasteiger partial charge in [0.1, 0.15) is 0 Å². The molecule has 8 heteroatoms. The summed E-state index contributed by atoms with van der Waals surface area (Å²) in [5, 5.41) is 3.13. The van der Waals surface area contributed by atoms with Gasteiger partial charge in [-0.25, -0.2) is 0 Å². The van der Waals surface area contributed by atoms with Crippen LogP contribution in [-0.2, 0) is 9.53 Å². The molecule has 2 saturated heterocycles. The number of rotatable bonds is 4. The van der Waals surface area contributed by atoms with Crippen LogP contribution in [0, 0.1) is 5.92 Å². The molecule has 142 valence electrons. The zero-order valence-corrected chi connectivity index (χ0v) is 17.2. The van der Waals surface area contributed by atoms with E-state index in [9.17, 15) is 4.79 Å². The second kappa shape index (κ2) is 10.6. The lowest BCUT2D eigenvalue weighted by Crippen LogP contribution is -2.50. The smallest absolute Gasteiger partial charge is 0.237 e. The van der Waals surface area contributed by atoms with Gasteiger partial charge in [-0.15, -0.1) is 24.8 Å². The Bertz CT molecular complexity index is 558. The summed E-state index contributed by atoms with van der Waals surface area (Å²) in [5.41, 5.74) is 7.33. The molecule has 3 rings (SSSR count). The van der Waals surface area contributed by atoms with Gasteiger partial charge in [-0.1, -0.05) is 12.1 Å². The van der Waals surface area contributed by atoms with Crippen molar-refractivity contribution in [3.05, 3.63) is 28.7 Å². The van der Waals surface area contributed by atoms with E-state index in [4.69, 9.17) is 10.5 Å². The van der Waals surface area contributed by atoms with Gasteiger partial charge >= 0.3 is 0 Å². The fourth-order valence-corrected chi connectivity index (χ4v) is 3.93. The van der Waals surface area contributed by atoms with Crippen LogP contribution in [0.1, 0.15) is 19.3 Å². The number of hydrogen-bond acceptors (Lipinski definition) is 4. The lowest BCUT2D eigenvalue weighted by Gasteiger charge is -2.28. The van der Waals surface area contributed by atoms with Crippen LogP contribution in [0.5, 0.6) is 0 Å². The van der Waals surface area contributed by atoms with E-state index in [1.807, 2.05) is 18.2 Å². The van der Waals surface area contributed by atoms with Crippen molar-refractivity contribution in [2.75, 3.05) is 31.2 Å². The van der Waals surface area contributed by atoms with Crippen LogP contribution in [0.15, 0.2) is 28.7 Å². The average molecular weight is 455 g/mol. The third kappa shape index (κ3) is 5.73. The van der Waals surface area contributed by atoms with Crippen LogP contribution >= 0.6 is 40.7 Å². The molecule has 0 spiro atoms. The van der Waals surface area contributed by atoms with E-state index in [-0.39, 0.29) is 42.7 Å². The molecule has 1 amide bonds. The standard InChI is InChI=1S/C17H24BrN3O2.2ClH/c18-14-3-1-2-4-15(14)21-8-5-13(11-21)20-17(22)16(19)12-6-9-23-10-7-12;;/h1-4,12-13,16H,5-11,19H2,(H,20,22);2*1H. The van der Waals surface area contributed by atoms with E-state index in [1.165, 1.54) is 5.69 Å². The summed E-state index contributed by atoms with van der Waals surface area (Å²) in [4.78, 5) is 14.7. The molecule has 2 heterocycles. The number of para-hydroxylation sites is 1. The largest absolute Gasteiger partial charge is 0.381 e. The Kier molecular flexibility index (Phi) is 9.52. The van der Waals surface area contributed by atoms with Crippen LogP contribution in [-0.4, -0.2) is 44.3 Å². The number of nitrogens with one attached hydrogen (secondary N) is 1. The summed E-state index contributed by atoms with van der Waals surface area (Å²) in [6.07, 6.45) is 2.71. The molecule has 1 aromatic carbocycles. The summed E-state index contributed by atoms with van der Waals surface area (Å²) < 4.78 is 6.43. The number of benzene rings is 1. The normalized spacial score (nSPS) is 21.8. The van der Waals surface area contributed by atoms with Gasteiger partial charge in [-0.2, -0.15) is 0 Å². The molecule has 2 atom stereocenters. The fraction of sp³-hybridized carbons (Fsp3) is 0.588. The first-order chi connectivity index (χ1) is 11.1. The topological polar surface area (TPSA) is 67.6 Å². The molecule has 2 unspecified atom stereocenters. The second-order valence-corrected chi connectivity index (χ2v) is 7.22. The Morgan fingerprint density at radius 1 is 1.24 bits per heavy atom. The van der Waals surface area contributed by atoms with Crippen molar-refractivity contribution >= 4 is 52.3 Å². The first-order valence-corrected chi connectivity index (χ1v) is 9.07. The maximum absolute atomic E-state index is 12.4. The maximum atomic E-state index is 12.4. The molecule has 0 aromatic heterocycles. The van der Waals surface area contributed by atoms with Gasteiger partial charge in [0.25, 0.3) is 0 Å². The Balaban J connectivity index is 0.00000156. The maximum Gasteiger partial charge on any atom is 0.237 e. The molecule has 3 N–H and O–H groups in total. The van der Waals surface area contributed by atoms with E-state index in [1.54, 1.807) is 0 Å². The quantitative estimate of drug-likeness (QED) is 0.733. The minimum atomic E-state index is -0.420. The first-order valence-electron chi connectivity index (χ1n) is 8.28. The highest BCUT2D eigenvalue weighted by molar-refractivity contribution is 9.10. The molecular weight excluding hydrogens is 429 g/mol. The van der Waals surface area contributed by atoms with E-state index in [0.717, 1.165) is 36.8 Å².